The average Bonchev–Trinajstić information content (AvgIpc) is 3.05. The Morgan fingerprint density at radius 3 is 2.73 bits per heavy atom. The minimum Gasteiger partial charge on any atom is -0.354 e. The molecule has 6 nitrogen and oxygen atoms in total. The molecule has 0 unspecified atom stereocenters. The van der Waals surface area contributed by atoms with E-state index in [1.807, 2.05) is 29.2 Å². The Balaban J connectivity index is 1.33. The summed E-state index contributed by atoms with van der Waals surface area (Å²) in [5, 5.41) is 7.65. The number of fused-ring (bicyclic) bond motifs is 1. The predicted octanol–water partition coefficient (Wildman–Crippen LogP) is 3.78. The molecule has 0 bridgehead atoms. The molecule has 1 aliphatic rings. The number of urea groups is 1. The summed E-state index contributed by atoms with van der Waals surface area (Å²) in [5.41, 5.74) is 1.98. The summed E-state index contributed by atoms with van der Waals surface area (Å²) in [6.07, 6.45) is 0. The van der Waals surface area contributed by atoms with E-state index in [0.717, 1.165) is 25.0 Å². The lowest BCUT2D eigenvalue weighted by molar-refractivity contribution is 0.143. The second-order valence-corrected chi connectivity index (χ2v) is 7.60. The van der Waals surface area contributed by atoms with Gasteiger partial charge in [-0.05, 0) is 52.4 Å². The van der Waals surface area contributed by atoms with Gasteiger partial charge in [-0.1, -0.05) is 29.4 Å². The zero-order chi connectivity index (χ0) is 17.9. The standard InChI is InChI=1S/C19H19IN4O2/c20-15-5-3-4-14(12-15)13-23-8-10-24(11-9-23)19(25)21-18-16-6-1-2-7-17(16)26-22-18/h1-7,12H,8-11,13H2,(H,21,22,25). The molecule has 2 amide bonds. The average molecular weight is 462 g/mol. The van der Waals surface area contributed by atoms with Gasteiger partial charge in [-0.15, -0.1) is 0 Å². The lowest BCUT2D eigenvalue weighted by Gasteiger charge is -2.34. The highest BCUT2D eigenvalue weighted by Crippen LogP contribution is 2.22. The van der Waals surface area contributed by atoms with Gasteiger partial charge in [0, 0.05) is 36.3 Å². The summed E-state index contributed by atoms with van der Waals surface area (Å²) in [4.78, 5) is 16.7. The van der Waals surface area contributed by atoms with Crippen LogP contribution in [0.15, 0.2) is 53.1 Å². The summed E-state index contributed by atoms with van der Waals surface area (Å²) in [7, 11) is 0. The molecular weight excluding hydrogens is 443 g/mol. The first kappa shape index (κ1) is 17.3. The molecule has 0 atom stereocenters. The fraction of sp³-hybridized carbons (Fsp3) is 0.263. The number of halogens is 1. The number of carbonyl (C=O) groups is 1. The highest BCUT2D eigenvalue weighted by Gasteiger charge is 2.22. The van der Waals surface area contributed by atoms with E-state index in [0.29, 0.717) is 24.5 Å². The van der Waals surface area contributed by atoms with Gasteiger partial charge < -0.3 is 9.42 Å². The maximum Gasteiger partial charge on any atom is 0.323 e. The molecule has 0 spiro atoms. The zero-order valence-corrected chi connectivity index (χ0v) is 16.3. The van der Waals surface area contributed by atoms with E-state index in [4.69, 9.17) is 4.52 Å². The number of nitrogens with one attached hydrogen (secondary N) is 1. The first-order valence-corrected chi connectivity index (χ1v) is 9.64. The minimum absolute atomic E-state index is 0.127. The molecule has 1 aromatic heterocycles. The van der Waals surface area contributed by atoms with Crippen molar-refractivity contribution in [1.29, 1.82) is 0 Å². The van der Waals surface area contributed by atoms with Crippen LogP contribution in [-0.4, -0.2) is 47.2 Å². The Labute approximate surface area is 165 Å². The molecule has 7 heteroatoms. The maximum absolute atomic E-state index is 12.5. The van der Waals surface area contributed by atoms with Crippen LogP contribution in [-0.2, 0) is 6.54 Å². The van der Waals surface area contributed by atoms with E-state index in [1.54, 1.807) is 0 Å². The van der Waals surface area contributed by atoms with Crippen LogP contribution in [0.1, 0.15) is 5.56 Å². The van der Waals surface area contributed by atoms with Gasteiger partial charge >= 0.3 is 6.03 Å². The van der Waals surface area contributed by atoms with Crippen LogP contribution < -0.4 is 5.32 Å². The number of aromatic nitrogens is 1. The maximum atomic E-state index is 12.5. The molecule has 1 fully saturated rings. The molecule has 134 valence electrons. The van der Waals surface area contributed by atoms with Crippen LogP contribution in [0.3, 0.4) is 0 Å². The van der Waals surface area contributed by atoms with Crippen LogP contribution in [0.5, 0.6) is 0 Å². The third-order valence-electron chi connectivity index (χ3n) is 4.56. The number of carbonyl (C=O) groups excluding carboxylic acids is 1. The highest BCUT2D eigenvalue weighted by molar-refractivity contribution is 14.1. The van der Waals surface area contributed by atoms with Crippen molar-refractivity contribution in [3.63, 3.8) is 0 Å². The quantitative estimate of drug-likeness (QED) is 0.602. The molecule has 3 aromatic rings. The van der Waals surface area contributed by atoms with Crippen molar-refractivity contribution in [1.82, 2.24) is 15.0 Å². The van der Waals surface area contributed by atoms with Gasteiger partial charge in [-0.3, -0.25) is 10.2 Å². The van der Waals surface area contributed by atoms with Crippen molar-refractivity contribution < 1.29 is 9.32 Å². The number of para-hydroxylation sites is 1. The van der Waals surface area contributed by atoms with E-state index >= 15 is 0 Å². The van der Waals surface area contributed by atoms with E-state index in [2.05, 4.69) is 62.2 Å². The van der Waals surface area contributed by atoms with Gasteiger partial charge in [-0.2, -0.15) is 0 Å². The Hall–Kier alpha value is -2.13. The SMILES string of the molecule is O=C(Nc1noc2ccccc12)N1CCN(Cc2cccc(I)c2)CC1. The smallest absolute Gasteiger partial charge is 0.323 e. The van der Waals surface area contributed by atoms with Gasteiger partial charge in [0.2, 0.25) is 0 Å². The van der Waals surface area contributed by atoms with Crippen molar-refractivity contribution in [2.75, 3.05) is 31.5 Å². The first-order valence-electron chi connectivity index (χ1n) is 8.56. The number of benzene rings is 2. The molecule has 2 aromatic carbocycles. The fourth-order valence-corrected chi connectivity index (χ4v) is 3.77. The number of hydrogen-bond acceptors (Lipinski definition) is 4. The lowest BCUT2D eigenvalue weighted by Crippen LogP contribution is -2.49. The van der Waals surface area contributed by atoms with Gasteiger partial charge in [-0.25, -0.2) is 4.79 Å². The Morgan fingerprint density at radius 1 is 1.12 bits per heavy atom. The van der Waals surface area contributed by atoms with Crippen molar-refractivity contribution in [2.45, 2.75) is 6.54 Å². The molecule has 0 radical (unpaired) electrons. The van der Waals surface area contributed by atoms with Crippen LogP contribution >= 0.6 is 22.6 Å². The number of nitrogens with zero attached hydrogens (tertiary/aromatic N) is 3. The number of amides is 2. The second-order valence-electron chi connectivity index (χ2n) is 6.35. The molecule has 1 aliphatic heterocycles. The van der Waals surface area contributed by atoms with E-state index in [-0.39, 0.29) is 6.03 Å². The predicted molar refractivity (Wildman–Crippen MR) is 109 cm³/mol. The minimum atomic E-state index is -0.127. The van der Waals surface area contributed by atoms with Crippen molar-refractivity contribution in [3.8, 4) is 0 Å². The van der Waals surface area contributed by atoms with Crippen molar-refractivity contribution in [2.24, 2.45) is 0 Å². The van der Waals surface area contributed by atoms with Crippen LogP contribution in [0.2, 0.25) is 0 Å². The van der Waals surface area contributed by atoms with Gasteiger partial charge in [0.25, 0.3) is 0 Å². The second kappa shape index (κ2) is 7.63. The Bertz CT molecular complexity index is 919. The third kappa shape index (κ3) is 3.83. The Kier molecular flexibility index (Phi) is 5.07. The zero-order valence-electron chi connectivity index (χ0n) is 14.2. The number of anilines is 1. The van der Waals surface area contributed by atoms with Gasteiger partial charge in [0.05, 0.1) is 5.39 Å². The van der Waals surface area contributed by atoms with Crippen molar-refractivity contribution in [3.05, 3.63) is 57.7 Å². The summed E-state index contributed by atoms with van der Waals surface area (Å²) in [5.74, 6) is 0.479. The fourth-order valence-electron chi connectivity index (χ4n) is 3.16. The monoisotopic (exact) mass is 462 g/mol. The van der Waals surface area contributed by atoms with E-state index in [1.165, 1.54) is 9.13 Å². The van der Waals surface area contributed by atoms with Gasteiger partial charge in [0.1, 0.15) is 0 Å². The van der Waals surface area contributed by atoms with Crippen LogP contribution in [0.25, 0.3) is 11.0 Å². The molecule has 2 heterocycles. The number of rotatable bonds is 3. The van der Waals surface area contributed by atoms with Crippen LogP contribution in [0.4, 0.5) is 10.6 Å². The normalized spacial score (nSPS) is 15.3. The topological polar surface area (TPSA) is 61.6 Å². The molecule has 4 rings (SSSR count). The molecule has 1 N–H and O–H groups in total. The molecule has 0 saturated carbocycles. The number of hydrogen-bond donors (Lipinski definition) is 1. The van der Waals surface area contributed by atoms with Crippen molar-refractivity contribution >= 4 is 45.4 Å². The first-order chi connectivity index (χ1) is 12.7. The van der Waals surface area contributed by atoms with E-state index < -0.39 is 0 Å². The summed E-state index contributed by atoms with van der Waals surface area (Å²) in [6.45, 7) is 4.04. The molecule has 26 heavy (non-hydrogen) atoms. The number of piperazine rings is 1. The van der Waals surface area contributed by atoms with Crippen LogP contribution in [0, 0.1) is 3.57 Å². The molecule has 1 saturated heterocycles. The van der Waals surface area contributed by atoms with E-state index in [9.17, 15) is 4.79 Å². The van der Waals surface area contributed by atoms with Gasteiger partial charge in [0.15, 0.2) is 11.4 Å². The Morgan fingerprint density at radius 2 is 1.92 bits per heavy atom. The summed E-state index contributed by atoms with van der Waals surface area (Å²) in [6, 6.07) is 15.9. The summed E-state index contributed by atoms with van der Waals surface area (Å²) < 4.78 is 6.49. The third-order valence-corrected chi connectivity index (χ3v) is 5.23. The summed E-state index contributed by atoms with van der Waals surface area (Å²) >= 11 is 2.33. The molecular formula is C19H19IN4O2. The highest BCUT2D eigenvalue weighted by atomic mass is 127. The lowest BCUT2D eigenvalue weighted by atomic mass is 10.2. The molecule has 0 aliphatic carbocycles. The largest absolute Gasteiger partial charge is 0.354 e.